The maximum atomic E-state index is 6.17. The van der Waals surface area contributed by atoms with Crippen LogP contribution in [-0.2, 0) is 6.42 Å². The van der Waals surface area contributed by atoms with Crippen molar-refractivity contribution in [3.8, 4) is 0 Å². The Morgan fingerprint density at radius 2 is 1.78 bits per heavy atom. The van der Waals surface area contributed by atoms with E-state index in [-0.39, 0.29) is 6.04 Å². The third-order valence-electron chi connectivity index (χ3n) is 2.88. The fraction of sp³-hybridized carbons (Fsp3) is 0.333. The average molecular weight is 308 g/mol. The maximum absolute atomic E-state index is 6.17. The van der Waals surface area contributed by atoms with E-state index in [4.69, 9.17) is 10.2 Å². The van der Waals surface area contributed by atoms with Crippen molar-refractivity contribution in [2.75, 3.05) is 0 Å². The molecule has 0 aliphatic rings. The van der Waals surface area contributed by atoms with E-state index in [0.29, 0.717) is 10.6 Å². The minimum atomic E-state index is -0.204. The lowest BCUT2D eigenvalue weighted by Gasteiger charge is -2.11. The van der Waals surface area contributed by atoms with Crippen LogP contribution in [0.2, 0.25) is 0 Å². The second kappa shape index (κ2) is 5.72. The predicted octanol–water partition coefficient (Wildman–Crippen LogP) is 4.29. The summed E-state index contributed by atoms with van der Waals surface area (Å²) in [5, 5.41) is 0. The molecule has 1 atom stereocenters. The molecule has 2 aromatic rings. The molecule has 1 heterocycles. The highest BCUT2D eigenvalue weighted by molar-refractivity contribution is 9.10. The summed E-state index contributed by atoms with van der Waals surface area (Å²) in [6.45, 7) is 4.44. The number of hydrogen-bond acceptors (Lipinski definition) is 2. The molecule has 0 aliphatic heterocycles. The summed E-state index contributed by atoms with van der Waals surface area (Å²) in [6.07, 6.45) is 1.10. The van der Waals surface area contributed by atoms with Crippen LogP contribution in [0.25, 0.3) is 0 Å². The van der Waals surface area contributed by atoms with Gasteiger partial charge in [-0.2, -0.15) is 0 Å². The van der Waals surface area contributed by atoms with Gasteiger partial charge in [0.2, 0.25) is 0 Å². The monoisotopic (exact) mass is 307 g/mol. The van der Waals surface area contributed by atoms with E-state index in [9.17, 15) is 0 Å². The molecule has 0 radical (unpaired) electrons. The predicted molar refractivity (Wildman–Crippen MR) is 77.4 cm³/mol. The molecule has 18 heavy (non-hydrogen) atoms. The third kappa shape index (κ3) is 3.24. The van der Waals surface area contributed by atoms with E-state index in [1.807, 2.05) is 12.1 Å². The van der Waals surface area contributed by atoms with Gasteiger partial charge in [0.15, 0.2) is 4.67 Å². The molecule has 0 bridgehead atoms. The molecule has 0 amide bonds. The Bertz CT molecular complexity index is 501. The van der Waals surface area contributed by atoms with Gasteiger partial charge in [-0.1, -0.05) is 38.1 Å². The first-order valence-electron chi connectivity index (χ1n) is 6.16. The number of nitrogens with two attached hydrogens (primary N) is 1. The summed E-state index contributed by atoms with van der Waals surface area (Å²) in [5.41, 5.74) is 8.59. The first-order chi connectivity index (χ1) is 8.56. The fourth-order valence-electron chi connectivity index (χ4n) is 1.99. The molecule has 2 N–H and O–H groups in total. The van der Waals surface area contributed by atoms with Crippen molar-refractivity contribution < 1.29 is 4.42 Å². The second-order valence-corrected chi connectivity index (χ2v) is 5.74. The average Bonchev–Trinajstić information content (AvgIpc) is 2.75. The van der Waals surface area contributed by atoms with Gasteiger partial charge in [-0.3, -0.25) is 0 Å². The van der Waals surface area contributed by atoms with Crippen molar-refractivity contribution in [2.24, 2.45) is 11.7 Å². The minimum absolute atomic E-state index is 0.204. The van der Waals surface area contributed by atoms with Gasteiger partial charge in [0.05, 0.1) is 6.04 Å². The normalized spacial score (nSPS) is 12.9. The van der Waals surface area contributed by atoms with Gasteiger partial charge in [0.1, 0.15) is 5.76 Å². The van der Waals surface area contributed by atoms with Gasteiger partial charge in [0, 0.05) is 0 Å². The zero-order chi connectivity index (χ0) is 13.1. The summed E-state index contributed by atoms with van der Waals surface area (Å²) in [7, 11) is 0. The molecule has 0 saturated heterocycles. The Morgan fingerprint density at radius 1 is 1.11 bits per heavy atom. The number of hydrogen-bond donors (Lipinski definition) is 1. The van der Waals surface area contributed by atoms with Crippen LogP contribution in [-0.4, -0.2) is 0 Å². The molecule has 2 nitrogen and oxygen atoms in total. The molecule has 3 heteroatoms. The van der Waals surface area contributed by atoms with Crippen molar-refractivity contribution in [1.29, 1.82) is 0 Å². The Labute approximate surface area is 116 Å². The van der Waals surface area contributed by atoms with Crippen LogP contribution in [0.5, 0.6) is 0 Å². The number of benzene rings is 1. The van der Waals surface area contributed by atoms with Gasteiger partial charge in [-0.15, -0.1) is 0 Å². The van der Waals surface area contributed by atoms with E-state index < -0.39 is 0 Å². The van der Waals surface area contributed by atoms with Crippen molar-refractivity contribution in [3.05, 3.63) is 58.0 Å². The largest absolute Gasteiger partial charge is 0.452 e. The lowest BCUT2D eigenvalue weighted by molar-refractivity contribution is 0.470. The molecular weight excluding hydrogens is 290 g/mol. The van der Waals surface area contributed by atoms with Gasteiger partial charge >= 0.3 is 0 Å². The van der Waals surface area contributed by atoms with E-state index in [0.717, 1.165) is 17.7 Å². The maximum Gasteiger partial charge on any atom is 0.169 e. The van der Waals surface area contributed by atoms with Crippen LogP contribution in [0.1, 0.15) is 36.8 Å². The summed E-state index contributed by atoms with van der Waals surface area (Å²) >= 11 is 3.29. The second-order valence-electron chi connectivity index (χ2n) is 4.96. The van der Waals surface area contributed by atoms with Gasteiger partial charge in [-0.25, -0.2) is 0 Å². The summed E-state index contributed by atoms with van der Waals surface area (Å²) in [4.78, 5) is 0. The Morgan fingerprint density at radius 3 is 2.28 bits per heavy atom. The van der Waals surface area contributed by atoms with Crippen LogP contribution >= 0.6 is 15.9 Å². The Kier molecular flexibility index (Phi) is 4.25. The van der Waals surface area contributed by atoms with Gasteiger partial charge in [0.25, 0.3) is 0 Å². The molecule has 0 saturated carbocycles. The molecular formula is C15H18BrNO. The molecule has 2 rings (SSSR count). The van der Waals surface area contributed by atoms with Gasteiger partial charge in [-0.05, 0) is 51.5 Å². The first kappa shape index (κ1) is 13.4. The molecule has 1 aromatic heterocycles. The van der Waals surface area contributed by atoms with Crippen LogP contribution < -0.4 is 5.73 Å². The van der Waals surface area contributed by atoms with Crippen molar-refractivity contribution in [1.82, 2.24) is 0 Å². The molecule has 96 valence electrons. The van der Waals surface area contributed by atoms with Crippen LogP contribution in [0.4, 0.5) is 0 Å². The summed E-state index contributed by atoms with van der Waals surface area (Å²) in [5.74, 6) is 1.45. The molecule has 0 aliphatic carbocycles. The Balaban J connectivity index is 2.14. The molecule has 1 unspecified atom stereocenters. The quantitative estimate of drug-likeness (QED) is 0.915. The van der Waals surface area contributed by atoms with E-state index in [1.54, 1.807) is 0 Å². The highest BCUT2D eigenvalue weighted by atomic mass is 79.9. The summed E-state index contributed by atoms with van der Waals surface area (Å²) < 4.78 is 6.20. The fourth-order valence-corrected chi connectivity index (χ4v) is 2.31. The highest BCUT2D eigenvalue weighted by Gasteiger charge is 2.12. The summed E-state index contributed by atoms with van der Waals surface area (Å²) in [6, 6.07) is 12.0. The van der Waals surface area contributed by atoms with E-state index in [2.05, 4.69) is 54.0 Å². The number of rotatable bonds is 4. The van der Waals surface area contributed by atoms with Crippen LogP contribution in [0.3, 0.4) is 0 Å². The lowest BCUT2D eigenvalue weighted by atomic mass is 9.99. The molecule has 0 fully saturated rings. The van der Waals surface area contributed by atoms with Crippen LogP contribution in [0, 0.1) is 5.92 Å². The van der Waals surface area contributed by atoms with Crippen molar-refractivity contribution in [2.45, 2.75) is 26.3 Å². The van der Waals surface area contributed by atoms with E-state index >= 15 is 0 Å². The van der Waals surface area contributed by atoms with Crippen molar-refractivity contribution in [3.63, 3.8) is 0 Å². The van der Waals surface area contributed by atoms with Crippen molar-refractivity contribution >= 4 is 15.9 Å². The zero-order valence-corrected chi connectivity index (χ0v) is 12.3. The number of halogens is 1. The third-order valence-corrected chi connectivity index (χ3v) is 3.31. The smallest absolute Gasteiger partial charge is 0.169 e. The topological polar surface area (TPSA) is 39.2 Å². The zero-order valence-electron chi connectivity index (χ0n) is 10.7. The van der Waals surface area contributed by atoms with Crippen LogP contribution in [0.15, 0.2) is 45.5 Å². The Hall–Kier alpha value is -1.06. The standard InChI is InChI=1S/C15H18BrNO/c1-10(2)9-11-3-5-12(6-4-11)15(17)13-7-8-14(16)18-13/h3-8,10,15H,9,17H2,1-2H3. The molecule has 1 aromatic carbocycles. The van der Waals surface area contributed by atoms with Gasteiger partial charge < -0.3 is 10.2 Å². The highest BCUT2D eigenvalue weighted by Crippen LogP contribution is 2.24. The first-order valence-corrected chi connectivity index (χ1v) is 6.95. The molecule has 0 spiro atoms. The SMILES string of the molecule is CC(C)Cc1ccc(C(N)c2ccc(Br)o2)cc1. The lowest BCUT2D eigenvalue weighted by Crippen LogP contribution is -2.10. The minimum Gasteiger partial charge on any atom is -0.452 e. The van der Waals surface area contributed by atoms with E-state index in [1.165, 1.54) is 5.56 Å². The number of furan rings is 1.